The second-order valence-electron chi connectivity index (χ2n) is 6.53. The lowest BCUT2D eigenvalue weighted by Gasteiger charge is -2.21. The largest absolute Gasteiger partial charge is 0.482 e. The molecule has 2 atom stereocenters. The predicted octanol–water partition coefficient (Wildman–Crippen LogP) is 3.58. The minimum Gasteiger partial charge on any atom is -0.482 e. The minimum absolute atomic E-state index is 0.00790. The zero-order valence-electron chi connectivity index (χ0n) is 14.3. The van der Waals surface area contributed by atoms with Crippen LogP contribution in [0.25, 0.3) is 11.1 Å². The quantitative estimate of drug-likeness (QED) is 0.888. The Labute approximate surface area is 153 Å². The SMILES string of the molecule is CC1CC(CN)CN1C(=O)COc1ccc(-c2ccccc2)cc1Cl. The Hall–Kier alpha value is -2.04. The number of amides is 1. The smallest absolute Gasteiger partial charge is 0.260 e. The van der Waals surface area contributed by atoms with Crippen molar-refractivity contribution < 1.29 is 9.53 Å². The molecule has 25 heavy (non-hydrogen) atoms. The molecule has 1 aliphatic rings. The number of benzene rings is 2. The first-order chi connectivity index (χ1) is 12.1. The Morgan fingerprint density at radius 1 is 1.24 bits per heavy atom. The van der Waals surface area contributed by atoms with E-state index in [1.54, 1.807) is 0 Å². The molecule has 2 N–H and O–H groups in total. The number of likely N-dealkylation sites (tertiary alicyclic amines) is 1. The molecule has 1 heterocycles. The molecule has 132 valence electrons. The molecule has 2 aromatic carbocycles. The lowest BCUT2D eigenvalue weighted by Crippen LogP contribution is -2.37. The number of carbonyl (C=O) groups excluding carboxylic acids is 1. The molecule has 5 heteroatoms. The van der Waals surface area contributed by atoms with Crippen LogP contribution in [0.1, 0.15) is 13.3 Å². The summed E-state index contributed by atoms with van der Waals surface area (Å²) in [5.41, 5.74) is 7.82. The third-order valence-electron chi connectivity index (χ3n) is 4.71. The molecule has 1 amide bonds. The van der Waals surface area contributed by atoms with Gasteiger partial charge in [-0.3, -0.25) is 4.79 Å². The molecule has 1 fully saturated rings. The Morgan fingerprint density at radius 2 is 2.00 bits per heavy atom. The standard InChI is InChI=1S/C20H23ClN2O2/c1-14-9-15(11-22)12-23(14)20(24)13-25-19-8-7-17(10-18(19)21)16-5-3-2-4-6-16/h2-8,10,14-15H,9,11-13,22H2,1H3. The van der Waals surface area contributed by atoms with Crippen molar-refractivity contribution in [3.8, 4) is 16.9 Å². The summed E-state index contributed by atoms with van der Waals surface area (Å²) in [6.07, 6.45) is 0.953. The molecular weight excluding hydrogens is 336 g/mol. The van der Waals surface area contributed by atoms with Crippen molar-refractivity contribution in [3.05, 3.63) is 53.6 Å². The molecule has 4 nitrogen and oxygen atoms in total. The fourth-order valence-corrected chi connectivity index (χ4v) is 3.55. The third kappa shape index (κ3) is 4.14. The number of ether oxygens (including phenoxy) is 1. The molecule has 3 rings (SSSR count). The first-order valence-electron chi connectivity index (χ1n) is 8.55. The second-order valence-corrected chi connectivity index (χ2v) is 6.94. The van der Waals surface area contributed by atoms with E-state index in [1.165, 1.54) is 0 Å². The molecule has 0 radical (unpaired) electrons. The highest BCUT2D eigenvalue weighted by atomic mass is 35.5. The van der Waals surface area contributed by atoms with Crippen LogP contribution in [0.15, 0.2) is 48.5 Å². The van der Waals surface area contributed by atoms with Gasteiger partial charge in [-0.25, -0.2) is 0 Å². The fourth-order valence-electron chi connectivity index (χ4n) is 3.31. The van der Waals surface area contributed by atoms with Gasteiger partial charge in [0.15, 0.2) is 6.61 Å². The molecule has 0 aromatic heterocycles. The highest BCUT2D eigenvalue weighted by Gasteiger charge is 2.31. The summed E-state index contributed by atoms with van der Waals surface area (Å²) in [5, 5.41) is 0.503. The van der Waals surface area contributed by atoms with Crippen LogP contribution in [0.5, 0.6) is 5.75 Å². The molecule has 1 aliphatic heterocycles. The first kappa shape index (κ1) is 17.8. The molecule has 0 spiro atoms. The average Bonchev–Trinajstić information content (AvgIpc) is 3.02. The Balaban J connectivity index is 1.63. The van der Waals surface area contributed by atoms with Crippen molar-refractivity contribution in [1.82, 2.24) is 4.90 Å². The first-order valence-corrected chi connectivity index (χ1v) is 8.93. The molecule has 0 bridgehead atoms. The number of halogens is 1. The number of hydrogen-bond donors (Lipinski definition) is 1. The monoisotopic (exact) mass is 358 g/mol. The van der Waals surface area contributed by atoms with E-state index in [0.29, 0.717) is 29.8 Å². The maximum absolute atomic E-state index is 12.4. The lowest BCUT2D eigenvalue weighted by atomic mass is 10.1. The van der Waals surface area contributed by atoms with Crippen molar-refractivity contribution >= 4 is 17.5 Å². The maximum atomic E-state index is 12.4. The number of nitrogens with zero attached hydrogens (tertiary/aromatic N) is 1. The van der Waals surface area contributed by atoms with Crippen LogP contribution in [-0.2, 0) is 4.79 Å². The van der Waals surface area contributed by atoms with E-state index in [4.69, 9.17) is 22.1 Å². The van der Waals surface area contributed by atoms with Gasteiger partial charge in [0, 0.05) is 12.6 Å². The predicted molar refractivity (Wildman–Crippen MR) is 101 cm³/mol. The van der Waals surface area contributed by atoms with Gasteiger partial charge in [-0.05, 0) is 49.1 Å². The van der Waals surface area contributed by atoms with Crippen molar-refractivity contribution in [3.63, 3.8) is 0 Å². The number of rotatable bonds is 5. The van der Waals surface area contributed by atoms with E-state index in [2.05, 4.69) is 6.92 Å². The summed E-state index contributed by atoms with van der Waals surface area (Å²) in [4.78, 5) is 14.3. The number of hydrogen-bond acceptors (Lipinski definition) is 3. The fraction of sp³-hybridized carbons (Fsp3) is 0.350. The third-order valence-corrected chi connectivity index (χ3v) is 5.00. The summed E-state index contributed by atoms with van der Waals surface area (Å²) < 4.78 is 5.66. The molecule has 2 aromatic rings. The van der Waals surface area contributed by atoms with Gasteiger partial charge in [-0.15, -0.1) is 0 Å². The minimum atomic E-state index is -0.0216. The summed E-state index contributed by atoms with van der Waals surface area (Å²) in [6, 6.07) is 15.8. The van der Waals surface area contributed by atoms with E-state index in [1.807, 2.05) is 53.4 Å². The van der Waals surface area contributed by atoms with E-state index >= 15 is 0 Å². The lowest BCUT2D eigenvalue weighted by molar-refractivity contribution is -0.134. The van der Waals surface area contributed by atoms with Gasteiger partial charge in [0.1, 0.15) is 5.75 Å². The van der Waals surface area contributed by atoms with Crippen molar-refractivity contribution in [2.45, 2.75) is 19.4 Å². The second kappa shape index (κ2) is 7.89. The van der Waals surface area contributed by atoms with Gasteiger partial charge in [0.05, 0.1) is 5.02 Å². The van der Waals surface area contributed by atoms with Crippen LogP contribution >= 0.6 is 11.6 Å². The van der Waals surface area contributed by atoms with E-state index in [-0.39, 0.29) is 18.6 Å². The molecule has 1 saturated heterocycles. The van der Waals surface area contributed by atoms with Gasteiger partial charge in [-0.1, -0.05) is 48.0 Å². The zero-order valence-corrected chi connectivity index (χ0v) is 15.1. The molecule has 2 unspecified atom stereocenters. The zero-order chi connectivity index (χ0) is 17.8. The summed E-state index contributed by atoms with van der Waals surface area (Å²) in [7, 11) is 0. The van der Waals surface area contributed by atoms with Gasteiger partial charge in [0.2, 0.25) is 0 Å². The summed E-state index contributed by atoms with van der Waals surface area (Å²) >= 11 is 6.33. The molecular formula is C20H23ClN2O2. The Bertz CT molecular complexity index is 736. The van der Waals surface area contributed by atoms with Gasteiger partial charge in [-0.2, -0.15) is 0 Å². The van der Waals surface area contributed by atoms with Crippen LogP contribution in [0.4, 0.5) is 0 Å². The number of nitrogens with two attached hydrogens (primary N) is 1. The van der Waals surface area contributed by atoms with Gasteiger partial charge < -0.3 is 15.4 Å². The van der Waals surface area contributed by atoms with Crippen molar-refractivity contribution in [2.75, 3.05) is 19.7 Å². The Morgan fingerprint density at radius 3 is 2.64 bits per heavy atom. The van der Waals surface area contributed by atoms with Crippen molar-refractivity contribution in [1.29, 1.82) is 0 Å². The molecule has 0 saturated carbocycles. The maximum Gasteiger partial charge on any atom is 0.260 e. The van der Waals surface area contributed by atoms with E-state index in [9.17, 15) is 4.79 Å². The van der Waals surface area contributed by atoms with Gasteiger partial charge >= 0.3 is 0 Å². The van der Waals surface area contributed by atoms with Gasteiger partial charge in [0.25, 0.3) is 5.91 Å². The van der Waals surface area contributed by atoms with Crippen LogP contribution in [0.3, 0.4) is 0 Å². The van der Waals surface area contributed by atoms with Crippen LogP contribution in [-0.4, -0.2) is 36.5 Å². The summed E-state index contributed by atoms with van der Waals surface area (Å²) in [6.45, 7) is 3.36. The normalized spacial score (nSPS) is 19.9. The molecule has 0 aliphatic carbocycles. The van der Waals surface area contributed by atoms with E-state index in [0.717, 1.165) is 17.5 Å². The van der Waals surface area contributed by atoms with Crippen molar-refractivity contribution in [2.24, 2.45) is 11.7 Å². The van der Waals surface area contributed by atoms with E-state index < -0.39 is 0 Å². The van der Waals surface area contributed by atoms with Crippen LogP contribution in [0, 0.1) is 5.92 Å². The topological polar surface area (TPSA) is 55.6 Å². The highest BCUT2D eigenvalue weighted by Crippen LogP contribution is 2.30. The summed E-state index contributed by atoms with van der Waals surface area (Å²) in [5.74, 6) is 0.885. The van der Waals surface area contributed by atoms with Crippen LogP contribution < -0.4 is 10.5 Å². The van der Waals surface area contributed by atoms with Crippen LogP contribution in [0.2, 0.25) is 5.02 Å². The highest BCUT2D eigenvalue weighted by molar-refractivity contribution is 6.32. The number of carbonyl (C=O) groups is 1. The Kier molecular flexibility index (Phi) is 5.61. The average molecular weight is 359 g/mol.